The standard InChI is InChI=1S/C23H26BrNO4S/c1-7-25-13(3)14(4)30-23(5,6)21-18(25)17(20(29-21)22(27)28-8-2)19(26)15-9-11-16(24)12-10-15/h9-12H,7-8H2,1-6H3. The summed E-state index contributed by atoms with van der Waals surface area (Å²) in [6.45, 7) is 12.8. The highest BCUT2D eigenvalue weighted by molar-refractivity contribution is 9.10. The Labute approximate surface area is 190 Å². The molecule has 1 aliphatic rings. The molecule has 0 saturated carbocycles. The van der Waals surface area contributed by atoms with E-state index < -0.39 is 10.7 Å². The van der Waals surface area contributed by atoms with Gasteiger partial charge in [-0.2, -0.15) is 0 Å². The number of furan rings is 1. The zero-order valence-corrected chi connectivity index (χ0v) is 20.5. The summed E-state index contributed by atoms with van der Waals surface area (Å²) in [5, 5.41) is 0. The maximum absolute atomic E-state index is 13.7. The third-order valence-corrected chi connectivity index (χ3v) is 6.96. The number of ketones is 1. The predicted molar refractivity (Wildman–Crippen MR) is 124 cm³/mol. The third kappa shape index (κ3) is 3.97. The molecule has 5 nitrogen and oxygen atoms in total. The Balaban J connectivity index is 2.34. The molecule has 0 radical (unpaired) electrons. The molecule has 160 valence electrons. The molecule has 1 aromatic heterocycles. The Morgan fingerprint density at radius 2 is 1.80 bits per heavy atom. The van der Waals surface area contributed by atoms with Crippen LogP contribution in [-0.4, -0.2) is 24.9 Å². The average molecular weight is 492 g/mol. The topological polar surface area (TPSA) is 59.8 Å². The first kappa shape index (κ1) is 22.7. The molecule has 1 aliphatic heterocycles. The number of halogens is 1. The lowest BCUT2D eigenvalue weighted by atomic mass is 9.98. The first-order valence-electron chi connectivity index (χ1n) is 9.91. The molecular weight excluding hydrogens is 466 g/mol. The number of rotatable bonds is 5. The van der Waals surface area contributed by atoms with Gasteiger partial charge in [0.2, 0.25) is 5.76 Å². The summed E-state index contributed by atoms with van der Waals surface area (Å²) >= 11 is 5.07. The van der Waals surface area contributed by atoms with Crippen LogP contribution in [0.4, 0.5) is 5.69 Å². The first-order chi connectivity index (χ1) is 14.1. The molecule has 0 amide bonds. The van der Waals surface area contributed by atoms with E-state index in [2.05, 4.69) is 27.8 Å². The van der Waals surface area contributed by atoms with Crippen molar-refractivity contribution in [3.8, 4) is 0 Å². The number of anilines is 1. The molecular formula is C23H26BrNO4S. The van der Waals surface area contributed by atoms with Crippen molar-refractivity contribution in [2.24, 2.45) is 0 Å². The zero-order valence-electron chi connectivity index (χ0n) is 18.1. The summed E-state index contributed by atoms with van der Waals surface area (Å²) in [4.78, 5) is 29.7. The number of allylic oxidation sites excluding steroid dienone is 2. The van der Waals surface area contributed by atoms with Gasteiger partial charge in [0.25, 0.3) is 0 Å². The van der Waals surface area contributed by atoms with E-state index in [9.17, 15) is 9.59 Å². The highest BCUT2D eigenvalue weighted by Gasteiger charge is 2.42. The maximum atomic E-state index is 13.7. The van der Waals surface area contributed by atoms with Gasteiger partial charge in [-0.3, -0.25) is 4.79 Å². The molecule has 0 fully saturated rings. The molecule has 0 saturated heterocycles. The van der Waals surface area contributed by atoms with Crippen LogP contribution < -0.4 is 4.90 Å². The van der Waals surface area contributed by atoms with Crippen molar-refractivity contribution in [2.75, 3.05) is 18.1 Å². The minimum Gasteiger partial charge on any atom is -0.460 e. The number of carbonyl (C=O) groups excluding carboxylic acids is 2. The van der Waals surface area contributed by atoms with Gasteiger partial charge in [-0.25, -0.2) is 4.79 Å². The van der Waals surface area contributed by atoms with Crippen molar-refractivity contribution < 1.29 is 18.7 Å². The minimum atomic E-state index is -0.624. The van der Waals surface area contributed by atoms with Crippen molar-refractivity contribution in [2.45, 2.75) is 46.3 Å². The summed E-state index contributed by atoms with van der Waals surface area (Å²) in [6.07, 6.45) is 0. The summed E-state index contributed by atoms with van der Waals surface area (Å²) in [5.74, 6) is -0.313. The minimum absolute atomic E-state index is 0.0331. The SMILES string of the molecule is CCOC(=O)c1oc2c(c1C(=O)c1ccc(Br)cc1)N(CC)C(C)=C(C)SC2(C)C. The quantitative estimate of drug-likeness (QED) is 0.350. The van der Waals surface area contributed by atoms with Crippen LogP contribution in [0.5, 0.6) is 0 Å². The third-order valence-electron chi connectivity index (χ3n) is 5.13. The van der Waals surface area contributed by atoms with Crippen LogP contribution in [0, 0.1) is 0 Å². The largest absolute Gasteiger partial charge is 0.460 e. The number of carbonyl (C=O) groups is 2. The van der Waals surface area contributed by atoms with E-state index in [1.54, 1.807) is 30.8 Å². The van der Waals surface area contributed by atoms with E-state index in [-0.39, 0.29) is 23.7 Å². The van der Waals surface area contributed by atoms with Gasteiger partial charge < -0.3 is 14.1 Å². The Morgan fingerprint density at radius 3 is 2.37 bits per heavy atom. The highest BCUT2D eigenvalue weighted by atomic mass is 79.9. The van der Waals surface area contributed by atoms with E-state index in [1.807, 2.05) is 39.8 Å². The fourth-order valence-corrected chi connectivity index (χ4v) is 5.16. The van der Waals surface area contributed by atoms with Gasteiger partial charge in [-0.15, -0.1) is 11.8 Å². The normalized spacial score (nSPS) is 15.6. The average Bonchev–Trinajstić information content (AvgIpc) is 3.07. The zero-order chi connectivity index (χ0) is 22.2. The lowest BCUT2D eigenvalue weighted by Crippen LogP contribution is -2.24. The van der Waals surface area contributed by atoms with Gasteiger partial charge >= 0.3 is 5.97 Å². The van der Waals surface area contributed by atoms with E-state index in [4.69, 9.17) is 9.15 Å². The molecule has 0 N–H and O–H groups in total. The number of hydrogen-bond donors (Lipinski definition) is 0. The molecule has 0 bridgehead atoms. The number of ether oxygens (including phenoxy) is 1. The number of benzene rings is 1. The van der Waals surface area contributed by atoms with Gasteiger partial charge in [0.15, 0.2) is 5.78 Å². The number of thioether (sulfide) groups is 1. The summed E-state index contributed by atoms with van der Waals surface area (Å²) in [5.41, 5.74) is 2.43. The van der Waals surface area contributed by atoms with Crippen LogP contribution in [0.1, 0.15) is 73.8 Å². The van der Waals surface area contributed by atoms with Crippen LogP contribution in [0.3, 0.4) is 0 Å². The van der Waals surface area contributed by atoms with E-state index in [0.717, 1.165) is 15.1 Å². The van der Waals surface area contributed by atoms with Gasteiger partial charge in [0.05, 0.1) is 17.0 Å². The summed E-state index contributed by atoms with van der Waals surface area (Å²) in [7, 11) is 0. The van der Waals surface area contributed by atoms with Crippen LogP contribution in [0.2, 0.25) is 0 Å². The van der Waals surface area contributed by atoms with Gasteiger partial charge in [0, 0.05) is 27.2 Å². The van der Waals surface area contributed by atoms with Crippen LogP contribution in [0.15, 0.2) is 43.8 Å². The number of hydrogen-bond acceptors (Lipinski definition) is 6. The van der Waals surface area contributed by atoms with E-state index in [1.165, 1.54) is 0 Å². The molecule has 3 rings (SSSR count). The van der Waals surface area contributed by atoms with Crippen molar-refractivity contribution in [1.82, 2.24) is 0 Å². The number of fused-ring (bicyclic) bond motifs is 1. The summed E-state index contributed by atoms with van der Waals surface area (Å²) in [6, 6.07) is 7.09. The Morgan fingerprint density at radius 1 is 1.17 bits per heavy atom. The molecule has 30 heavy (non-hydrogen) atoms. The first-order valence-corrected chi connectivity index (χ1v) is 11.5. The molecule has 7 heteroatoms. The molecule has 1 aromatic carbocycles. The lowest BCUT2D eigenvalue weighted by molar-refractivity contribution is 0.0484. The van der Waals surface area contributed by atoms with Gasteiger partial charge in [0.1, 0.15) is 11.3 Å². The van der Waals surface area contributed by atoms with Crippen LogP contribution in [0.25, 0.3) is 0 Å². The lowest BCUT2D eigenvalue weighted by Gasteiger charge is -2.25. The molecule has 0 aliphatic carbocycles. The Hall–Kier alpha value is -1.99. The van der Waals surface area contributed by atoms with Gasteiger partial charge in [-0.1, -0.05) is 15.9 Å². The highest BCUT2D eigenvalue weighted by Crippen LogP contribution is 2.52. The van der Waals surface area contributed by atoms with Crippen LogP contribution >= 0.6 is 27.7 Å². The van der Waals surface area contributed by atoms with Crippen LogP contribution in [-0.2, 0) is 9.48 Å². The van der Waals surface area contributed by atoms with Gasteiger partial charge in [-0.05, 0) is 65.8 Å². The predicted octanol–water partition coefficient (Wildman–Crippen LogP) is 6.51. The number of nitrogens with zero attached hydrogens (tertiary/aromatic N) is 1. The van der Waals surface area contributed by atoms with E-state index >= 15 is 0 Å². The molecule has 0 unspecified atom stereocenters. The van der Waals surface area contributed by atoms with Crippen molar-refractivity contribution in [1.29, 1.82) is 0 Å². The molecule has 0 spiro atoms. The summed E-state index contributed by atoms with van der Waals surface area (Å²) < 4.78 is 11.8. The van der Waals surface area contributed by atoms with Crippen molar-refractivity contribution in [3.05, 3.63) is 62.0 Å². The second-order valence-electron chi connectivity index (χ2n) is 7.54. The Kier molecular flexibility index (Phi) is 6.53. The van der Waals surface area contributed by atoms with Crippen molar-refractivity contribution >= 4 is 45.1 Å². The second kappa shape index (κ2) is 8.63. The van der Waals surface area contributed by atoms with E-state index in [0.29, 0.717) is 23.6 Å². The Bertz CT molecular complexity index is 1020. The maximum Gasteiger partial charge on any atom is 0.375 e. The smallest absolute Gasteiger partial charge is 0.375 e. The number of esters is 1. The molecule has 2 aromatic rings. The monoisotopic (exact) mass is 491 g/mol. The molecule has 2 heterocycles. The second-order valence-corrected chi connectivity index (χ2v) is 10.3. The fraction of sp³-hybridized carbons (Fsp3) is 0.391. The fourth-order valence-electron chi connectivity index (χ4n) is 3.64. The van der Waals surface area contributed by atoms with Crippen molar-refractivity contribution in [3.63, 3.8) is 0 Å². The molecule has 0 atom stereocenters.